The Morgan fingerprint density at radius 2 is 1.80 bits per heavy atom. The minimum atomic E-state index is -0.0704. The Hall–Kier alpha value is -2.10. The molecule has 25 heavy (non-hydrogen) atoms. The van der Waals surface area contributed by atoms with E-state index in [0.29, 0.717) is 36.3 Å². The summed E-state index contributed by atoms with van der Waals surface area (Å²) in [6.07, 6.45) is 0.784. The summed E-state index contributed by atoms with van der Waals surface area (Å²) >= 11 is 0. The van der Waals surface area contributed by atoms with E-state index in [1.54, 1.807) is 4.68 Å². The van der Waals surface area contributed by atoms with Crippen molar-refractivity contribution in [3.63, 3.8) is 0 Å². The molecule has 0 aliphatic rings. The number of aryl methyl sites for hydroxylation is 1. The second-order valence-electron chi connectivity index (χ2n) is 7.38. The van der Waals surface area contributed by atoms with Crippen LogP contribution >= 0.6 is 0 Å². The molecule has 0 saturated carbocycles. The molecule has 4 nitrogen and oxygen atoms in total. The van der Waals surface area contributed by atoms with Crippen molar-refractivity contribution in [2.45, 2.75) is 54.5 Å². The quantitative estimate of drug-likeness (QED) is 0.745. The normalized spacial score (nSPS) is 11.4. The second-order valence-corrected chi connectivity index (χ2v) is 7.38. The van der Waals surface area contributed by atoms with Crippen molar-refractivity contribution < 1.29 is 4.74 Å². The SMILES string of the molecule is CCOc1c(CC(C)C)nn(CC(C)C)c(=O)c1-c1ccccc1C. The van der Waals surface area contributed by atoms with Gasteiger partial charge in [0.1, 0.15) is 5.69 Å². The number of aromatic nitrogens is 2. The highest BCUT2D eigenvalue weighted by Gasteiger charge is 2.22. The van der Waals surface area contributed by atoms with Gasteiger partial charge in [-0.1, -0.05) is 52.0 Å². The predicted molar refractivity (Wildman–Crippen MR) is 103 cm³/mol. The van der Waals surface area contributed by atoms with Crippen molar-refractivity contribution >= 4 is 0 Å². The van der Waals surface area contributed by atoms with Gasteiger partial charge in [0, 0.05) is 6.54 Å². The fraction of sp³-hybridized carbons (Fsp3) is 0.524. The third-order valence-electron chi connectivity index (χ3n) is 4.02. The average Bonchev–Trinajstić information content (AvgIpc) is 2.52. The third kappa shape index (κ3) is 4.50. The number of hydrogen-bond acceptors (Lipinski definition) is 3. The summed E-state index contributed by atoms with van der Waals surface area (Å²) in [5.74, 6) is 1.43. The Balaban J connectivity index is 2.80. The molecular formula is C21H30N2O2. The van der Waals surface area contributed by atoms with Gasteiger partial charge >= 0.3 is 0 Å². The first-order valence-electron chi connectivity index (χ1n) is 9.17. The minimum absolute atomic E-state index is 0.0704. The van der Waals surface area contributed by atoms with Crippen molar-refractivity contribution in [1.82, 2.24) is 9.78 Å². The van der Waals surface area contributed by atoms with Gasteiger partial charge in [-0.25, -0.2) is 4.68 Å². The van der Waals surface area contributed by atoms with Crippen LogP contribution in [-0.4, -0.2) is 16.4 Å². The van der Waals surface area contributed by atoms with Gasteiger partial charge in [-0.15, -0.1) is 0 Å². The molecule has 4 heteroatoms. The Labute approximate surface area is 150 Å². The third-order valence-corrected chi connectivity index (χ3v) is 4.02. The summed E-state index contributed by atoms with van der Waals surface area (Å²) < 4.78 is 7.56. The molecule has 0 saturated heterocycles. The topological polar surface area (TPSA) is 44.1 Å². The molecule has 0 fully saturated rings. The lowest BCUT2D eigenvalue weighted by Gasteiger charge is -2.19. The lowest BCUT2D eigenvalue weighted by molar-refractivity contribution is 0.327. The maximum Gasteiger partial charge on any atom is 0.278 e. The highest BCUT2D eigenvalue weighted by atomic mass is 16.5. The van der Waals surface area contributed by atoms with Crippen molar-refractivity contribution in [2.24, 2.45) is 11.8 Å². The molecule has 0 spiro atoms. The number of benzene rings is 1. The van der Waals surface area contributed by atoms with E-state index in [4.69, 9.17) is 4.74 Å². The monoisotopic (exact) mass is 342 g/mol. The fourth-order valence-electron chi connectivity index (χ4n) is 2.99. The molecule has 2 aromatic rings. The van der Waals surface area contributed by atoms with E-state index in [0.717, 1.165) is 23.2 Å². The van der Waals surface area contributed by atoms with Crippen molar-refractivity contribution in [2.75, 3.05) is 6.61 Å². The van der Waals surface area contributed by atoms with Crippen molar-refractivity contribution in [3.05, 3.63) is 45.9 Å². The standard InChI is InChI=1S/C21H30N2O2/c1-7-25-20-18(12-14(2)3)22-23(13-15(4)5)21(24)19(20)17-11-9-8-10-16(17)6/h8-11,14-15H,7,12-13H2,1-6H3. The molecule has 136 valence electrons. The maximum absolute atomic E-state index is 13.2. The first-order valence-corrected chi connectivity index (χ1v) is 9.17. The van der Waals surface area contributed by atoms with Crippen LogP contribution in [0, 0.1) is 18.8 Å². The molecule has 0 aliphatic carbocycles. The lowest BCUT2D eigenvalue weighted by atomic mass is 9.98. The van der Waals surface area contributed by atoms with Crippen LogP contribution in [0.1, 0.15) is 45.9 Å². The highest BCUT2D eigenvalue weighted by Crippen LogP contribution is 2.32. The molecular weight excluding hydrogens is 312 g/mol. The fourth-order valence-corrected chi connectivity index (χ4v) is 2.99. The molecule has 0 aliphatic heterocycles. The molecule has 1 aromatic heterocycles. The number of rotatable bonds is 7. The van der Waals surface area contributed by atoms with E-state index in [1.807, 2.05) is 38.1 Å². The summed E-state index contributed by atoms with van der Waals surface area (Å²) in [4.78, 5) is 13.2. The molecule has 0 unspecified atom stereocenters. The second kappa shape index (κ2) is 8.32. The average molecular weight is 342 g/mol. The summed E-state index contributed by atoms with van der Waals surface area (Å²) in [6.45, 7) is 13.6. The number of nitrogens with zero attached hydrogens (tertiary/aromatic N) is 2. The van der Waals surface area contributed by atoms with E-state index in [2.05, 4.69) is 32.8 Å². The molecule has 0 radical (unpaired) electrons. The van der Waals surface area contributed by atoms with E-state index in [1.165, 1.54) is 0 Å². The summed E-state index contributed by atoms with van der Waals surface area (Å²) in [6, 6.07) is 7.97. The van der Waals surface area contributed by atoms with Gasteiger partial charge in [0.2, 0.25) is 0 Å². The molecule has 0 N–H and O–H groups in total. The van der Waals surface area contributed by atoms with Gasteiger partial charge in [-0.2, -0.15) is 5.10 Å². The summed E-state index contributed by atoms with van der Waals surface area (Å²) in [7, 11) is 0. The van der Waals surface area contributed by atoms with Crippen LogP contribution in [0.4, 0.5) is 0 Å². The largest absolute Gasteiger partial charge is 0.491 e. The van der Waals surface area contributed by atoms with Gasteiger partial charge in [0.25, 0.3) is 5.56 Å². The zero-order valence-electron chi connectivity index (χ0n) is 16.3. The van der Waals surface area contributed by atoms with Crippen LogP contribution in [0.15, 0.2) is 29.1 Å². The van der Waals surface area contributed by atoms with Crippen molar-refractivity contribution in [1.29, 1.82) is 0 Å². The van der Waals surface area contributed by atoms with Crippen LogP contribution in [0.25, 0.3) is 11.1 Å². The molecule has 0 bridgehead atoms. The Morgan fingerprint density at radius 3 is 2.36 bits per heavy atom. The van der Waals surface area contributed by atoms with Crippen LogP contribution in [0.5, 0.6) is 5.75 Å². The summed E-state index contributed by atoms with van der Waals surface area (Å²) in [5.41, 5.74) is 3.44. The van der Waals surface area contributed by atoms with Gasteiger partial charge in [-0.3, -0.25) is 4.79 Å². The number of hydrogen-bond donors (Lipinski definition) is 0. The number of ether oxygens (including phenoxy) is 1. The van der Waals surface area contributed by atoms with Crippen LogP contribution in [-0.2, 0) is 13.0 Å². The zero-order chi connectivity index (χ0) is 18.6. The minimum Gasteiger partial charge on any atom is -0.491 e. The van der Waals surface area contributed by atoms with E-state index in [9.17, 15) is 4.79 Å². The zero-order valence-corrected chi connectivity index (χ0v) is 16.3. The molecule has 1 aromatic carbocycles. The summed E-state index contributed by atoms with van der Waals surface area (Å²) in [5, 5.41) is 4.67. The maximum atomic E-state index is 13.2. The molecule has 1 heterocycles. The molecule has 0 amide bonds. The van der Waals surface area contributed by atoms with Crippen LogP contribution < -0.4 is 10.3 Å². The van der Waals surface area contributed by atoms with Crippen LogP contribution in [0.3, 0.4) is 0 Å². The highest BCUT2D eigenvalue weighted by molar-refractivity contribution is 5.73. The van der Waals surface area contributed by atoms with E-state index < -0.39 is 0 Å². The van der Waals surface area contributed by atoms with Gasteiger partial charge in [0.05, 0.1) is 12.2 Å². The first-order chi connectivity index (χ1) is 11.8. The van der Waals surface area contributed by atoms with Gasteiger partial charge in [-0.05, 0) is 43.2 Å². The van der Waals surface area contributed by atoms with Gasteiger partial charge in [0.15, 0.2) is 5.75 Å². The molecule has 0 atom stereocenters. The Morgan fingerprint density at radius 1 is 1.12 bits per heavy atom. The smallest absolute Gasteiger partial charge is 0.278 e. The van der Waals surface area contributed by atoms with Crippen LogP contribution in [0.2, 0.25) is 0 Å². The Kier molecular flexibility index (Phi) is 6.40. The van der Waals surface area contributed by atoms with Crippen molar-refractivity contribution in [3.8, 4) is 16.9 Å². The predicted octanol–water partition coefficient (Wildman–Crippen LogP) is 4.47. The van der Waals surface area contributed by atoms with E-state index >= 15 is 0 Å². The molecule has 2 rings (SSSR count). The first kappa shape index (κ1) is 19.2. The Bertz CT molecular complexity index is 776. The van der Waals surface area contributed by atoms with Gasteiger partial charge < -0.3 is 4.74 Å². The van der Waals surface area contributed by atoms with E-state index in [-0.39, 0.29) is 5.56 Å². The lowest BCUT2D eigenvalue weighted by Crippen LogP contribution is -2.29.